The van der Waals surface area contributed by atoms with Gasteiger partial charge in [-0.05, 0) is 31.9 Å². The third-order valence-corrected chi connectivity index (χ3v) is 5.72. The average molecular weight is 485 g/mol. The molecule has 1 unspecified atom stereocenters. The number of piperazine rings is 1. The molecule has 0 bridgehead atoms. The molecule has 27 heavy (non-hydrogen) atoms. The van der Waals surface area contributed by atoms with E-state index in [0.29, 0.717) is 18.0 Å². The lowest BCUT2D eigenvalue weighted by atomic mass is 9.96. The quantitative estimate of drug-likeness (QED) is 0.281. The van der Waals surface area contributed by atoms with Gasteiger partial charge in [-0.3, -0.25) is 9.89 Å². The number of halogens is 1. The van der Waals surface area contributed by atoms with Gasteiger partial charge in [-0.1, -0.05) is 49.6 Å². The van der Waals surface area contributed by atoms with Crippen LogP contribution in [0.1, 0.15) is 50.1 Å². The average Bonchev–Trinajstić information content (AvgIpc) is 2.67. The van der Waals surface area contributed by atoms with E-state index >= 15 is 0 Å². The highest BCUT2D eigenvalue weighted by Gasteiger charge is 2.25. The lowest BCUT2D eigenvalue weighted by Gasteiger charge is -2.40. The number of guanidine groups is 1. The van der Waals surface area contributed by atoms with Gasteiger partial charge < -0.3 is 16.0 Å². The van der Waals surface area contributed by atoms with E-state index in [-0.39, 0.29) is 24.0 Å². The topological polar surface area (TPSA) is 56.9 Å². The summed E-state index contributed by atoms with van der Waals surface area (Å²) in [7, 11) is 2.22. The van der Waals surface area contributed by atoms with Crippen LogP contribution in [0.4, 0.5) is 0 Å². The number of rotatable bonds is 6. The number of nitrogens with one attached hydrogen (secondary N) is 1. The van der Waals surface area contributed by atoms with Crippen LogP contribution in [0, 0.1) is 0 Å². The van der Waals surface area contributed by atoms with Crippen LogP contribution in [0.25, 0.3) is 0 Å². The molecule has 1 heterocycles. The Hall–Kier alpha value is -0.860. The second-order valence-corrected chi connectivity index (χ2v) is 7.82. The summed E-state index contributed by atoms with van der Waals surface area (Å²) in [6.45, 7) is 5.24. The lowest BCUT2D eigenvalue weighted by Crippen LogP contribution is -2.47. The monoisotopic (exact) mass is 485 g/mol. The molecule has 3 N–H and O–H groups in total. The Morgan fingerprint density at radius 1 is 1.15 bits per heavy atom. The molecule has 0 amide bonds. The third-order valence-electron chi connectivity index (χ3n) is 5.72. The highest BCUT2D eigenvalue weighted by Crippen LogP contribution is 2.24. The molecule has 1 aromatic carbocycles. The third kappa shape index (κ3) is 7.23. The maximum atomic E-state index is 6.08. The SMILES string of the molecule is CN1CCN(CCCN=C(N)NC2CCCCC2)C(c2ccccc2)C1.I. The van der Waals surface area contributed by atoms with Crippen molar-refractivity contribution in [2.75, 3.05) is 39.8 Å². The minimum absolute atomic E-state index is 0. The van der Waals surface area contributed by atoms with Crippen molar-refractivity contribution in [3.8, 4) is 0 Å². The maximum absolute atomic E-state index is 6.08. The van der Waals surface area contributed by atoms with Gasteiger partial charge in [-0.15, -0.1) is 24.0 Å². The van der Waals surface area contributed by atoms with Crippen molar-refractivity contribution in [3.63, 3.8) is 0 Å². The van der Waals surface area contributed by atoms with Gasteiger partial charge in [0, 0.05) is 44.8 Å². The first-order chi connectivity index (χ1) is 12.7. The zero-order chi connectivity index (χ0) is 18.2. The highest BCUT2D eigenvalue weighted by molar-refractivity contribution is 14.0. The minimum Gasteiger partial charge on any atom is -0.370 e. The maximum Gasteiger partial charge on any atom is 0.188 e. The molecule has 2 aliphatic rings. The molecule has 3 rings (SSSR count). The van der Waals surface area contributed by atoms with Crippen LogP contribution in [0.15, 0.2) is 35.3 Å². The molecule has 0 aromatic heterocycles. The molecule has 1 aliphatic heterocycles. The molecule has 1 saturated heterocycles. The van der Waals surface area contributed by atoms with E-state index < -0.39 is 0 Å². The van der Waals surface area contributed by atoms with Crippen LogP contribution in [-0.4, -0.2) is 61.6 Å². The summed E-state index contributed by atoms with van der Waals surface area (Å²) in [5.41, 5.74) is 7.50. The Morgan fingerprint density at radius 2 is 1.89 bits per heavy atom. The van der Waals surface area contributed by atoms with E-state index in [1.807, 2.05) is 0 Å². The molecule has 0 spiro atoms. The van der Waals surface area contributed by atoms with Crippen LogP contribution in [0.3, 0.4) is 0 Å². The van der Waals surface area contributed by atoms with Gasteiger partial charge in [0.15, 0.2) is 5.96 Å². The Balaban J connectivity index is 0.00000261. The summed E-state index contributed by atoms with van der Waals surface area (Å²) < 4.78 is 0. The number of benzene rings is 1. The molecule has 152 valence electrons. The van der Waals surface area contributed by atoms with Crippen LogP contribution in [0.2, 0.25) is 0 Å². The predicted molar refractivity (Wildman–Crippen MR) is 125 cm³/mol. The summed E-state index contributed by atoms with van der Waals surface area (Å²) >= 11 is 0. The van der Waals surface area contributed by atoms with Crippen molar-refractivity contribution >= 4 is 29.9 Å². The van der Waals surface area contributed by atoms with E-state index in [1.54, 1.807) is 0 Å². The van der Waals surface area contributed by atoms with Gasteiger partial charge in [0.1, 0.15) is 0 Å². The van der Waals surface area contributed by atoms with E-state index in [9.17, 15) is 0 Å². The van der Waals surface area contributed by atoms with E-state index in [0.717, 1.165) is 39.1 Å². The van der Waals surface area contributed by atoms with E-state index in [2.05, 4.69) is 57.5 Å². The largest absolute Gasteiger partial charge is 0.370 e. The molecular weight excluding hydrogens is 449 g/mol. The molecule has 2 fully saturated rings. The number of nitrogens with zero attached hydrogens (tertiary/aromatic N) is 3. The summed E-state index contributed by atoms with van der Waals surface area (Å²) in [4.78, 5) is 9.60. The Labute approximate surface area is 181 Å². The lowest BCUT2D eigenvalue weighted by molar-refractivity contribution is 0.0894. The van der Waals surface area contributed by atoms with Crippen LogP contribution < -0.4 is 11.1 Å². The van der Waals surface area contributed by atoms with Gasteiger partial charge in [0.25, 0.3) is 0 Å². The van der Waals surface area contributed by atoms with Crippen molar-refractivity contribution in [1.29, 1.82) is 0 Å². The second kappa shape index (κ2) is 11.9. The fraction of sp³-hybridized carbons (Fsp3) is 0.667. The minimum atomic E-state index is 0. The fourth-order valence-corrected chi connectivity index (χ4v) is 4.19. The van der Waals surface area contributed by atoms with Gasteiger partial charge in [0.05, 0.1) is 0 Å². The smallest absolute Gasteiger partial charge is 0.188 e. The summed E-state index contributed by atoms with van der Waals surface area (Å²) in [5, 5.41) is 3.41. The van der Waals surface area contributed by atoms with Crippen molar-refractivity contribution in [1.82, 2.24) is 15.1 Å². The van der Waals surface area contributed by atoms with Gasteiger partial charge in [-0.2, -0.15) is 0 Å². The molecule has 1 saturated carbocycles. The predicted octanol–water partition coefficient (Wildman–Crippen LogP) is 3.22. The van der Waals surface area contributed by atoms with Crippen molar-refractivity contribution in [3.05, 3.63) is 35.9 Å². The zero-order valence-corrected chi connectivity index (χ0v) is 19.0. The Kier molecular flexibility index (Phi) is 9.86. The number of likely N-dealkylation sites (N-methyl/N-ethyl adjacent to an activating group) is 1. The van der Waals surface area contributed by atoms with Crippen LogP contribution >= 0.6 is 24.0 Å². The van der Waals surface area contributed by atoms with Crippen molar-refractivity contribution < 1.29 is 0 Å². The van der Waals surface area contributed by atoms with Gasteiger partial charge in [0.2, 0.25) is 0 Å². The van der Waals surface area contributed by atoms with E-state index in [4.69, 9.17) is 5.73 Å². The molecular formula is C21H36IN5. The van der Waals surface area contributed by atoms with Gasteiger partial charge in [-0.25, -0.2) is 0 Å². The molecule has 1 aliphatic carbocycles. The van der Waals surface area contributed by atoms with Crippen molar-refractivity contribution in [2.24, 2.45) is 10.7 Å². The summed E-state index contributed by atoms with van der Waals surface area (Å²) in [6.07, 6.45) is 7.51. The summed E-state index contributed by atoms with van der Waals surface area (Å²) in [5.74, 6) is 0.634. The van der Waals surface area contributed by atoms with Crippen molar-refractivity contribution in [2.45, 2.75) is 50.6 Å². The molecule has 0 radical (unpaired) electrons. The standard InChI is InChI=1S/C21H35N5.HI/c1-25-15-16-26(20(17-25)18-9-4-2-5-10-18)14-8-13-23-21(22)24-19-11-6-3-7-12-19;/h2,4-5,9-10,19-20H,3,6-8,11-17H2,1H3,(H3,22,23,24);1H. The molecule has 6 heteroatoms. The number of nitrogens with two attached hydrogens (primary N) is 1. The first-order valence-electron chi connectivity index (χ1n) is 10.3. The van der Waals surface area contributed by atoms with Crippen LogP contribution in [0.5, 0.6) is 0 Å². The first kappa shape index (κ1) is 22.4. The van der Waals surface area contributed by atoms with E-state index in [1.165, 1.54) is 37.7 Å². The molecule has 1 aromatic rings. The van der Waals surface area contributed by atoms with Gasteiger partial charge >= 0.3 is 0 Å². The van der Waals surface area contributed by atoms with Crippen LogP contribution in [-0.2, 0) is 0 Å². The Morgan fingerprint density at radius 3 is 2.63 bits per heavy atom. The first-order valence-corrected chi connectivity index (χ1v) is 10.3. The molecule has 5 nitrogen and oxygen atoms in total. The molecule has 1 atom stereocenters. The fourth-order valence-electron chi connectivity index (χ4n) is 4.19. The number of aliphatic imine (C=N–C) groups is 1. The number of hydrogen-bond acceptors (Lipinski definition) is 3. The zero-order valence-electron chi connectivity index (χ0n) is 16.6. The number of hydrogen-bond donors (Lipinski definition) is 2. The second-order valence-electron chi connectivity index (χ2n) is 7.82. The Bertz CT molecular complexity index is 559. The highest BCUT2D eigenvalue weighted by atomic mass is 127. The summed E-state index contributed by atoms with van der Waals surface area (Å²) in [6, 6.07) is 11.9. The normalized spacial score (nSPS) is 23.0.